The van der Waals surface area contributed by atoms with Crippen LogP contribution in [0.4, 0.5) is 0 Å². The number of aromatic amines is 1. The highest BCUT2D eigenvalue weighted by Crippen LogP contribution is 2.36. The van der Waals surface area contributed by atoms with Crippen LogP contribution in [0.15, 0.2) is 42.5 Å². The Hall–Kier alpha value is -3.39. The molecule has 0 spiro atoms. The van der Waals surface area contributed by atoms with Gasteiger partial charge < -0.3 is 10.3 Å². The number of nitrogens with zero attached hydrogens (tertiary/aromatic N) is 2. The van der Waals surface area contributed by atoms with Gasteiger partial charge in [0.1, 0.15) is 0 Å². The minimum absolute atomic E-state index is 0.0452. The number of carbonyl (C=O) groups is 1. The Balaban J connectivity index is 1.36. The van der Waals surface area contributed by atoms with Crippen molar-refractivity contribution in [2.75, 3.05) is 6.54 Å². The van der Waals surface area contributed by atoms with Crippen LogP contribution in [0.3, 0.4) is 0 Å². The third-order valence-electron chi connectivity index (χ3n) is 6.47. The lowest BCUT2D eigenvalue weighted by atomic mass is 9.78. The monoisotopic (exact) mass is 426 g/mol. The molecule has 1 saturated carbocycles. The molecule has 0 aliphatic heterocycles. The maximum atomic E-state index is 13.0. The molecule has 2 heterocycles. The van der Waals surface area contributed by atoms with Crippen molar-refractivity contribution in [2.45, 2.75) is 52.4 Å². The lowest BCUT2D eigenvalue weighted by molar-refractivity contribution is 0.0943. The molecule has 0 atom stereocenters. The molecule has 1 aliphatic rings. The van der Waals surface area contributed by atoms with E-state index in [1.807, 2.05) is 25.1 Å². The van der Waals surface area contributed by atoms with Crippen molar-refractivity contribution in [2.24, 2.45) is 5.92 Å². The Kier molecular flexibility index (Phi) is 6.41. The number of hydrogen-bond acceptors (Lipinski definition) is 3. The minimum Gasteiger partial charge on any atom is -0.358 e. The maximum Gasteiger partial charge on any atom is 0.253 e. The van der Waals surface area contributed by atoms with Gasteiger partial charge in [-0.3, -0.25) is 9.78 Å². The first-order valence-electron chi connectivity index (χ1n) is 11.4. The molecule has 1 aromatic carbocycles. The van der Waals surface area contributed by atoms with E-state index in [1.165, 1.54) is 5.56 Å². The number of pyridine rings is 1. The molecule has 0 bridgehead atoms. The Morgan fingerprint density at radius 2 is 1.72 bits per heavy atom. The van der Waals surface area contributed by atoms with E-state index in [9.17, 15) is 4.79 Å². The Bertz CT molecular complexity index is 1130. The van der Waals surface area contributed by atoms with Crippen LogP contribution in [0.5, 0.6) is 0 Å². The van der Waals surface area contributed by atoms with Gasteiger partial charge in [-0.25, -0.2) is 0 Å². The molecule has 4 rings (SSSR count). The summed E-state index contributed by atoms with van der Waals surface area (Å²) in [7, 11) is 0. The van der Waals surface area contributed by atoms with Crippen LogP contribution in [0, 0.1) is 38.0 Å². The fourth-order valence-corrected chi connectivity index (χ4v) is 4.84. The SMILES string of the molecule is Cc1cc(C2CCC(CNC(=O)c3cc(C)[nH]c3-c3ccc(C#N)cc3)CC2)cc(C)n1. The molecule has 2 aromatic heterocycles. The van der Waals surface area contributed by atoms with Crippen LogP contribution in [0.1, 0.15) is 70.2 Å². The summed E-state index contributed by atoms with van der Waals surface area (Å²) in [6.45, 7) is 6.78. The van der Waals surface area contributed by atoms with Crippen molar-refractivity contribution in [3.8, 4) is 17.3 Å². The van der Waals surface area contributed by atoms with E-state index in [1.54, 1.807) is 12.1 Å². The predicted octanol–water partition coefficient (Wildman–Crippen LogP) is 5.58. The van der Waals surface area contributed by atoms with Crippen LogP contribution >= 0.6 is 0 Å². The molecule has 1 aliphatic carbocycles. The van der Waals surface area contributed by atoms with Gasteiger partial charge in [-0.05, 0) is 99.7 Å². The molecule has 3 aromatic rings. The molecular weight excluding hydrogens is 396 g/mol. The van der Waals surface area contributed by atoms with Crippen LogP contribution in [0.25, 0.3) is 11.3 Å². The van der Waals surface area contributed by atoms with Crippen LogP contribution < -0.4 is 5.32 Å². The number of nitriles is 1. The molecule has 0 unspecified atom stereocenters. The lowest BCUT2D eigenvalue weighted by Gasteiger charge is -2.29. The number of benzene rings is 1. The zero-order chi connectivity index (χ0) is 22.7. The average molecular weight is 427 g/mol. The highest BCUT2D eigenvalue weighted by molar-refractivity contribution is 6.00. The highest BCUT2D eigenvalue weighted by atomic mass is 16.1. The van der Waals surface area contributed by atoms with Crippen LogP contribution in [-0.4, -0.2) is 22.4 Å². The van der Waals surface area contributed by atoms with E-state index in [0.717, 1.165) is 54.0 Å². The van der Waals surface area contributed by atoms with Gasteiger partial charge in [-0.15, -0.1) is 0 Å². The van der Waals surface area contributed by atoms with E-state index < -0.39 is 0 Å². The van der Waals surface area contributed by atoms with E-state index in [-0.39, 0.29) is 5.91 Å². The normalized spacial score (nSPS) is 18.2. The second kappa shape index (κ2) is 9.40. The predicted molar refractivity (Wildman–Crippen MR) is 126 cm³/mol. The number of aryl methyl sites for hydroxylation is 3. The number of H-pyrrole nitrogens is 1. The molecule has 0 saturated heterocycles. The number of rotatable bonds is 5. The van der Waals surface area contributed by atoms with Crippen molar-refractivity contribution in [3.63, 3.8) is 0 Å². The molecule has 32 heavy (non-hydrogen) atoms. The zero-order valence-corrected chi connectivity index (χ0v) is 19.0. The lowest BCUT2D eigenvalue weighted by Crippen LogP contribution is -2.31. The number of hydrogen-bond donors (Lipinski definition) is 2. The molecule has 5 nitrogen and oxygen atoms in total. The summed E-state index contributed by atoms with van der Waals surface area (Å²) in [5.41, 5.74) is 7.51. The van der Waals surface area contributed by atoms with Crippen molar-refractivity contribution >= 4 is 5.91 Å². The molecule has 2 N–H and O–H groups in total. The molecule has 0 radical (unpaired) electrons. The molecule has 5 heteroatoms. The second-order valence-electron chi connectivity index (χ2n) is 9.04. The first-order valence-corrected chi connectivity index (χ1v) is 11.4. The van der Waals surface area contributed by atoms with Gasteiger partial charge in [0.05, 0.1) is 22.9 Å². The smallest absolute Gasteiger partial charge is 0.253 e. The average Bonchev–Trinajstić information content (AvgIpc) is 3.19. The molecular formula is C27H30N4O. The summed E-state index contributed by atoms with van der Waals surface area (Å²) < 4.78 is 0. The number of aromatic nitrogens is 2. The standard InChI is InChI=1S/C27H30N4O/c1-17-12-24(13-18(2)30-17)22-8-6-21(7-9-22)16-29-27(32)25-14-19(3)31-26(25)23-10-4-20(15-28)5-11-23/h4-5,10-14,21-22,31H,6-9,16H2,1-3H3,(H,29,32). The summed E-state index contributed by atoms with van der Waals surface area (Å²) in [6, 6.07) is 15.8. The van der Waals surface area contributed by atoms with Gasteiger partial charge in [0, 0.05) is 23.6 Å². The third kappa shape index (κ3) is 4.91. The van der Waals surface area contributed by atoms with E-state index in [0.29, 0.717) is 29.5 Å². The second-order valence-corrected chi connectivity index (χ2v) is 9.04. The van der Waals surface area contributed by atoms with Crippen molar-refractivity contribution in [3.05, 3.63) is 76.2 Å². The Morgan fingerprint density at radius 3 is 2.34 bits per heavy atom. The zero-order valence-electron chi connectivity index (χ0n) is 19.0. The number of amides is 1. The Morgan fingerprint density at radius 1 is 1.06 bits per heavy atom. The van der Waals surface area contributed by atoms with Gasteiger partial charge >= 0.3 is 0 Å². The van der Waals surface area contributed by atoms with E-state index in [4.69, 9.17) is 5.26 Å². The summed E-state index contributed by atoms with van der Waals surface area (Å²) in [5, 5.41) is 12.2. The molecule has 1 fully saturated rings. The first kappa shape index (κ1) is 21.8. The van der Waals surface area contributed by atoms with Crippen LogP contribution in [-0.2, 0) is 0 Å². The van der Waals surface area contributed by atoms with Gasteiger partial charge in [-0.2, -0.15) is 5.26 Å². The third-order valence-corrected chi connectivity index (χ3v) is 6.47. The van der Waals surface area contributed by atoms with Gasteiger partial charge in [0.2, 0.25) is 0 Å². The summed E-state index contributed by atoms with van der Waals surface area (Å²) in [6.07, 6.45) is 4.56. The van der Waals surface area contributed by atoms with Gasteiger partial charge in [0.15, 0.2) is 0 Å². The molecule has 1 amide bonds. The summed E-state index contributed by atoms with van der Waals surface area (Å²) in [5.74, 6) is 1.06. The van der Waals surface area contributed by atoms with E-state index >= 15 is 0 Å². The van der Waals surface area contributed by atoms with Crippen molar-refractivity contribution in [1.82, 2.24) is 15.3 Å². The van der Waals surface area contributed by atoms with Crippen LogP contribution in [0.2, 0.25) is 0 Å². The summed E-state index contributed by atoms with van der Waals surface area (Å²) >= 11 is 0. The maximum absolute atomic E-state index is 13.0. The van der Waals surface area contributed by atoms with Crippen molar-refractivity contribution in [1.29, 1.82) is 5.26 Å². The topological polar surface area (TPSA) is 81.6 Å². The fraction of sp³-hybridized carbons (Fsp3) is 0.370. The minimum atomic E-state index is -0.0452. The molecule has 164 valence electrons. The van der Waals surface area contributed by atoms with Gasteiger partial charge in [-0.1, -0.05) is 12.1 Å². The van der Waals surface area contributed by atoms with Gasteiger partial charge in [0.25, 0.3) is 5.91 Å². The number of carbonyl (C=O) groups excluding carboxylic acids is 1. The number of nitrogens with one attached hydrogen (secondary N) is 2. The largest absolute Gasteiger partial charge is 0.358 e. The van der Waals surface area contributed by atoms with Crippen molar-refractivity contribution < 1.29 is 4.79 Å². The first-order chi connectivity index (χ1) is 15.4. The fourth-order valence-electron chi connectivity index (χ4n) is 4.84. The summed E-state index contributed by atoms with van der Waals surface area (Å²) in [4.78, 5) is 20.8. The Labute approximate surface area is 189 Å². The van der Waals surface area contributed by atoms with E-state index in [2.05, 4.69) is 47.3 Å². The quantitative estimate of drug-likeness (QED) is 0.559. The highest BCUT2D eigenvalue weighted by Gasteiger charge is 2.24.